The van der Waals surface area contributed by atoms with E-state index in [0.717, 1.165) is 6.08 Å². The number of ether oxygens (including phenoxy) is 1. The molecule has 9 heteroatoms. The summed E-state index contributed by atoms with van der Waals surface area (Å²) in [4.78, 5) is 46.9. The highest BCUT2D eigenvalue weighted by molar-refractivity contribution is 5.91. The molecule has 0 saturated carbocycles. The Balaban J connectivity index is 2.81. The summed E-state index contributed by atoms with van der Waals surface area (Å²) in [6.07, 6.45) is 2.57. The van der Waals surface area contributed by atoms with Crippen LogP contribution in [0.4, 0.5) is 4.39 Å². The van der Waals surface area contributed by atoms with Crippen molar-refractivity contribution >= 4 is 23.7 Å². The highest BCUT2D eigenvalue weighted by Gasteiger charge is 2.24. The van der Waals surface area contributed by atoms with E-state index in [1.54, 1.807) is 6.92 Å². The van der Waals surface area contributed by atoms with Gasteiger partial charge in [0.2, 0.25) is 17.7 Å². The number of hydrogen-bond donors (Lipinski definition) is 3. The third kappa shape index (κ3) is 8.43. The van der Waals surface area contributed by atoms with Crippen molar-refractivity contribution in [3.63, 3.8) is 0 Å². The van der Waals surface area contributed by atoms with E-state index in [9.17, 15) is 23.6 Å². The van der Waals surface area contributed by atoms with E-state index < -0.39 is 41.6 Å². The molecule has 28 heavy (non-hydrogen) atoms. The van der Waals surface area contributed by atoms with Crippen LogP contribution < -0.4 is 16.4 Å². The van der Waals surface area contributed by atoms with Gasteiger partial charge in [0.15, 0.2) is 0 Å². The van der Waals surface area contributed by atoms with Gasteiger partial charge in [-0.3, -0.25) is 14.4 Å². The molecule has 3 amide bonds. The van der Waals surface area contributed by atoms with Gasteiger partial charge in [-0.1, -0.05) is 18.2 Å². The first-order valence-corrected chi connectivity index (χ1v) is 8.67. The maximum atomic E-state index is 13.0. The van der Waals surface area contributed by atoms with Crippen LogP contribution >= 0.6 is 0 Å². The highest BCUT2D eigenvalue weighted by atomic mass is 19.1. The van der Waals surface area contributed by atoms with Crippen LogP contribution in [-0.4, -0.2) is 42.4 Å². The molecule has 0 bridgehead atoms. The lowest BCUT2D eigenvalue weighted by Gasteiger charge is -2.21. The number of carbonyl (C=O) groups excluding carboxylic acids is 4. The molecule has 0 aliphatic rings. The molecule has 2 atom stereocenters. The molecule has 0 heterocycles. The zero-order chi connectivity index (χ0) is 21.1. The van der Waals surface area contributed by atoms with Crippen molar-refractivity contribution in [2.75, 3.05) is 6.61 Å². The lowest BCUT2D eigenvalue weighted by molar-refractivity contribution is -0.137. The maximum absolute atomic E-state index is 13.0. The second-order valence-electron chi connectivity index (χ2n) is 5.94. The summed E-state index contributed by atoms with van der Waals surface area (Å²) in [5.74, 6) is -2.88. The number of hydrogen-bond acceptors (Lipinski definition) is 5. The molecule has 0 aliphatic heterocycles. The number of carbonyl (C=O) groups is 4. The minimum absolute atomic E-state index is 0.0246. The second-order valence-corrected chi connectivity index (χ2v) is 5.94. The highest BCUT2D eigenvalue weighted by Crippen LogP contribution is 2.07. The topological polar surface area (TPSA) is 128 Å². The molecule has 1 aromatic carbocycles. The number of rotatable bonds is 10. The van der Waals surface area contributed by atoms with E-state index in [2.05, 4.69) is 10.6 Å². The van der Waals surface area contributed by atoms with Crippen molar-refractivity contribution in [3.8, 4) is 0 Å². The average Bonchev–Trinajstić information content (AvgIpc) is 2.61. The van der Waals surface area contributed by atoms with Crippen LogP contribution in [0.3, 0.4) is 0 Å². The summed E-state index contributed by atoms with van der Waals surface area (Å²) >= 11 is 0. The summed E-state index contributed by atoms with van der Waals surface area (Å²) in [5.41, 5.74) is 5.92. The molecule has 152 valence electrons. The minimum atomic E-state index is -1.08. The molecule has 0 aromatic heterocycles. The molecule has 0 saturated heterocycles. The van der Waals surface area contributed by atoms with E-state index in [1.807, 2.05) is 0 Å². The zero-order valence-electron chi connectivity index (χ0n) is 15.7. The number of benzene rings is 1. The zero-order valence-corrected chi connectivity index (χ0v) is 15.7. The Morgan fingerprint density at radius 2 is 1.79 bits per heavy atom. The number of nitrogens with two attached hydrogens (primary N) is 1. The second kappa shape index (κ2) is 11.5. The largest absolute Gasteiger partial charge is 0.463 e. The Morgan fingerprint density at radius 3 is 2.32 bits per heavy atom. The summed E-state index contributed by atoms with van der Waals surface area (Å²) in [6, 6.07) is 3.40. The summed E-state index contributed by atoms with van der Waals surface area (Å²) in [5, 5.41) is 4.94. The van der Waals surface area contributed by atoms with Crippen LogP contribution in [-0.2, 0) is 30.3 Å². The van der Waals surface area contributed by atoms with Crippen LogP contribution in [0, 0.1) is 5.82 Å². The summed E-state index contributed by atoms with van der Waals surface area (Å²) in [6.45, 7) is 3.11. The first kappa shape index (κ1) is 22.8. The van der Waals surface area contributed by atoms with Gasteiger partial charge in [-0.25, -0.2) is 9.18 Å². The van der Waals surface area contributed by atoms with Gasteiger partial charge in [-0.15, -0.1) is 0 Å². The average molecular weight is 393 g/mol. The Bertz CT molecular complexity index is 734. The number of amides is 3. The van der Waals surface area contributed by atoms with Crippen molar-refractivity contribution in [2.45, 2.75) is 38.8 Å². The van der Waals surface area contributed by atoms with Crippen molar-refractivity contribution in [3.05, 3.63) is 47.8 Å². The standard InChI is InChI=1S/C19H24FN3O5/c1-3-28-17(25)6-4-5-15(18(21)26)23-19(27)16(22-12(2)24)11-13-7-9-14(20)10-8-13/h4,6-10,15-16H,3,5,11H2,1-2H3,(H2,21,26)(H,22,24)(H,23,27)/b6-4+/t15-,16+/m0/s1. The third-order valence-corrected chi connectivity index (χ3v) is 3.62. The van der Waals surface area contributed by atoms with E-state index in [-0.39, 0.29) is 19.4 Å². The van der Waals surface area contributed by atoms with Gasteiger partial charge >= 0.3 is 5.97 Å². The first-order valence-electron chi connectivity index (χ1n) is 8.67. The van der Waals surface area contributed by atoms with E-state index in [4.69, 9.17) is 10.5 Å². The van der Waals surface area contributed by atoms with Crippen LogP contribution in [0.1, 0.15) is 25.8 Å². The Hall–Kier alpha value is -3.23. The smallest absolute Gasteiger partial charge is 0.330 e. The predicted molar refractivity (Wildman–Crippen MR) is 99.2 cm³/mol. The van der Waals surface area contributed by atoms with Gasteiger partial charge < -0.3 is 21.1 Å². The third-order valence-electron chi connectivity index (χ3n) is 3.62. The van der Waals surface area contributed by atoms with Crippen LogP contribution in [0.25, 0.3) is 0 Å². The van der Waals surface area contributed by atoms with Gasteiger partial charge in [-0.2, -0.15) is 0 Å². The van der Waals surface area contributed by atoms with E-state index in [1.165, 1.54) is 37.3 Å². The lowest BCUT2D eigenvalue weighted by Crippen LogP contribution is -2.53. The molecule has 0 spiro atoms. The molecular weight excluding hydrogens is 369 g/mol. The van der Waals surface area contributed by atoms with Crippen LogP contribution in [0.2, 0.25) is 0 Å². The van der Waals surface area contributed by atoms with E-state index in [0.29, 0.717) is 5.56 Å². The lowest BCUT2D eigenvalue weighted by atomic mass is 10.0. The van der Waals surface area contributed by atoms with Crippen LogP contribution in [0.5, 0.6) is 0 Å². The van der Waals surface area contributed by atoms with E-state index >= 15 is 0 Å². The van der Waals surface area contributed by atoms with Crippen molar-refractivity contribution in [2.24, 2.45) is 5.73 Å². The van der Waals surface area contributed by atoms with Crippen molar-refractivity contribution in [1.29, 1.82) is 0 Å². The normalized spacial score (nSPS) is 12.8. The quantitative estimate of drug-likeness (QED) is 0.390. The Morgan fingerprint density at radius 1 is 1.14 bits per heavy atom. The molecule has 1 rings (SSSR count). The summed E-state index contributed by atoms with van der Waals surface area (Å²) < 4.78 is 17.8. The number of halogens is 1. The van der Waals surface area contributed by atoms with Crippen molar-refractivity contribution in [1.82, 2.24) is 10.6 Å². The van der Waals surface area contributed by atoms with Gasteiger partial charge in [0.25, 0.3) is 0 Å². The van der Waals surface area contributed by atoms with Crippen LogP contribution in [0.15, 0.2) is 36.4 Å². The van der Waals surface area contributed by atoms with Gasteiger partial charge in [0.05, 0.1) is 6.61 Å². The molecule has 0 radical (unpaired) electrons. The Kier molecular flexibility index (Phi) is 9.35. The molecule has 0 fully saturated rings. The number of primary amides is 1. The molecule has 1 aromatic rings. The number of esters is 1. The predicted octanol–water partition coefficient (Wildman–Crippen LogP) is 0.352. The van der Waals surface area contributed by atoms with Crippen molar-refractivity contribution < 1.29 is 28.3 Å². The molecule has 0 aliphatic carbocycles. The van der Waals surface area contributed by atoms with Gasteiger partial charge in [-0.05, 0) is 31.0 Å². The van der Waals surface area contributed by atoms with Gasteiger partial charge in [0.1, 0.15) is 17.9 Å². The minimum Gasteiger partial charge on any atom is -0.463 e. The fraction of sp³-hybridized carbons (Fsp3) is 0.368. The Labute approximate surface area is 162 Å². The molecule has 4 N–H and O–H groups in total. The first-order chi connectivity index (χ1) is 13.2. The van der Waals surface area contributed by atoms with Gasteiger partial charge in [0, 0.05) is 19.4 Å². The maximum Gasteiger partial charge on any atom is 0.330 e. The SMILES string of the molecule is CCOC(=O)/C=C/C[C@H](NC(=O)[C@@H](Cc1ccc(F)cc1)NC(C)=O)C(N)=O. The fourth-order valence-corrected chi connectivity index (χ4v) is 2.32. The monoisotopic (exact) mass is 393 g/mol. The molecule has 0 unspecified atom stereocenters. The summed E-state index contributed by atoms with van der Waals surface area (Å²) in [7, 11) is 0. The molecule has 8 nitrogen and oxygen atoms in total. The number of nitrogens with one attached hydrogen (secondary N) is 2. The fourth-order valence-electron chi connectivity index (χ4n) is 2.32. The molecular formula is C19H24FN3O5.